The lowest BCUT2D eigenvalue weighted by Crippen LogP contribution is -2.41. The summed E-state index contributed by atoms with van der Waals surface area (Å²) in [5.74, 6) is 3.30. The minimum absolute atomic E-state index is 0. The van der Waals surface area contributed by atoms with Crippen molar-refractivity contribution in [1.82, 2.24) is 10.2 Å². The van der Waals surface area contributed by atoms with Crippen LogP contribution in [0.1, 0.15) is 12.0 Å². The van der Waals surface area contributed by atoms with Crippen LogP contribution in [-0.2, 0) is 6.54 Å². The van der Waals surface area contributed by atoms with E-state index in [1.54, 1.807) is 14.2 Å². The van der Waals surface area contributed by atoms with Gasteiger partial charge in [0.25, 0.3) is 0 Å². The monoisotopic (exact) mass is 524 g/mol. The summed E-state index contributed by atoms with van der Waals surface area (Å²) in [6, 6.07) is 16.4. The lowest BCUT2D eigenvalue weighted by atomic mass is 10.1. The van der Waals surface area contributed by atoms with Gasteiger partial charge in [-0.25, -0.2) is 0 Å². The van der Waals surface area contributed by atoms with Crippen LogP contribution in [0.5, 0.6) is 11.5 Å². The minimum atomic E-state index is 0. The zero-order chi connectivity index (χ0) is 20.6. The van der Waals surface area contributed by atoms with Gasteiger partial charge in [0, 0.05) is 40.3 Å². The van der Waals surface area contributed by atoms with Crippen LogP contribution >= 0.6 is 24.0 Å². The highest BCUT2D eigenvalue weighted by molar-refractivity contribution is 14.0. The molecule has 1 saturated heterocycles. The molecule has 1 unspecified atom stereocenters. The predicted octanol–water partition coefficient (Wildman–Crippen LogP) is 3.86. The molecule has 2 aromatic rings. The van der Waals surface area contributed by atoms with Gasteiger partial charge in [0.15, 0.2) is 5.96 Å². The normalized spacial score (nSPS) is 16.1. The third kappa shape index (κ3) is 6.17. The standard InChI is InChI=1S/C23H32N4O2.HI/c1-24-23(26(2)16-18-9-11-20(28-3)12-10-18)25-15-19-13-14-27(17-19)21-7-5-6-8-22(21)29-4;/h5-12,19H,13-17H2,1-4H3,(H,24,25);1H. The summed E-state index contributed by atoms with van der Waals surface area (Å²) < 4.78 is 10.8. The van der Waals surface area contributed by atoms with Crippen molar-refractivity contribution in [3.8, 4) is 11.5 Å². The Hall–Kier alpha value is -2.16. The lowest BCUT2D eigenvalue weighted by molar-refractivity contribution is 0.414. The van der Waals surface area contributed by atoms with Gasteiger partial charge in [0.2, 0.25) is 0 Å². The first-order valence-corrected chi connectivity index (χ1v) is 10.1. The van der Waals surface area contributed by atoms with Crippen LogP contribution in [-0.4, -0.2) is 58.8 Å². The topological polar surface area (TPSA) is 49.3 Å². The average molecular weight is 524 g/mol. The van der Waals surface area contributed by atoms with Crippen molar-refractivity contribution in [3.05, 3.63) is 54.1 Å². The molecule has 1 heterocycles. The van der Waals surface area contributed by atoms with Crippen molar-refractivity contribution < 1.29 is 9.47 Å². The molecule has 0 aromatic heterocycles. The second-order valence-electron chi connectivity index (χ2n) is 7.40. The molecule has 7 heteroatoms. The molecule has 1 atom stereocenters. The highest BCUT2D eigenvalue weighted by Gasteiger charge is 2.25. The van der Waals surface area contributed by atoms with E-state index in [2.05, 4.69) is 51.4 Å². The van der Waals surface area contributed by atoms with Crippen LogP contribution in [0.4, 0.5) is 5.69 Å². The molecule has 1 fully saturated rings. The maximum atomic E-state index is 5.52. The number of ether oxygens (including phenoxy) is 2. The van der Waals surface area contributed by atoms with Crippen LogP contribution in [0, 0.1) is 5.92 Å². The number of methoxy groups -OCH3 is 2. The second kappa shape index (κ2) is 11.9. The van der Waals surface area contributed by atoms with Crippen molar-refractivity contribution in [1.29, 1.82) is 0 Å². The van der Waals surface area contributed by atoms with E-state index in [0.717, 1.165) is 50.1 Å². The van der Waals surface area contributed by atoms with E-state index >= 15 is 0 Å². The number of aliphatic imine (C=N–C) groups is 1. The number of halogens is 1. The van der Waals surface area contributed by atoms with E-state index in [1.165, 1.54) is 11.3 Å². The molecule has 0 aliphatic carbocycles. The molecule has 1 aliphatic heterocycles. The van der Waals surface area contributed by atoms with Gasteiger partial charge in [-0.1, -0.05) is 24.3 Å². The Labute approximate surface area is 197 Å². The maximum absolute atomic E-state index is 5.52. The quantitative estimate of drug-likeness (QED) is 0.339. The van der Waals surface area contributed by atoms with Gasteiger partial charge in [-0.15, -0.1) is 24.0 Å². The number of rotatable bonds is 7. The van der Waals surface area contributed by atoms with Crippen molar-refractivity contribution in [2.24, 2.45) is 10.9 Å². The van der Waals surface area contributed by atoms with Gasteiger partial charge in [0.05, 0.1) is 19.9 Å². The Morgan fingerprint density at radius 1 is 1.13 bits per heavy atom. The summed E-state index contributed by atoms with van der Waals surface area (Å²) in [6.07, 6.45) is 1.16. The number of anilines is 1. The van der Waals surface area contributed by atoms with E-state index in [-0.39, 0.29) is 24.0 Å². The van der Waals surface area contributed by atoms with Gasteiger partial charge in [-0.3, -0.25) is 4.99 Å². The fraction of sp³-hybridized carbons (Fsp3) is 0.435. The average Bonchev–Trinajstić information content (AvgIpc) is 3.23. The van der Waals surface area contributed by atoms with Crippen molar-refractivity contribution in [2.45, 2.75) is 13.0 Å². The number of nitrogens with one attached hydrogen (secondary N) is 1. The first-order chi connectivity index (χ1) is 14.1. The highest BCUT2D eigenvalue weighted by Crippen LogP contribution is 2.31. The molecule has 0 spiro atoms. The van der Waals surface area contributed by atoms with Gasteiger partial charge in [-0.05, 0) is 42.2 Å². The molecule has 0 saturated carbocycles. The van der Waals surface area contributed by atoms with Gasteiger partial charge in [0.1, 0.15) is 11.5 Å². The fourth-order valence-electron chi connectivity index (χ4n) is 3.81. The van der Waals surface area contributed by atoms with Crippen molar-refractivity contribution in [2.75, 3.05) is 52.8 Å². The molecule has 3 rings (SSSR count). The smallest absolute Gasteiger partial charge is 0.193 e. The highest BCUT2D eigenvalue weighted by atomic mass is 127. The number of guanidine groups is 1. The summed E-state index contributed by atoms with van der Waals surface area (Å²) in [6.45, 7) is 3.77. The molecule has 2 aromatic carbocycles. The molecule has 1 aliphatic rings. The van der Waals surface area contributed by atoms with Gasteiger partial charge in [-0.2, -0.15) is 0 Å². The zero-order valence-electron chi connectivity index (χ0n) is 18.3. The zero-order valence-corrected chi connectivity index (χ0v) is 20.6. The van der Waals surface area contributed by atoms with E-state index < -0.39 is 0 Å². The molecular formula is C23H33IN4O2. The predicted molar refractivity (Wildman–Crippen MR) is 135 cm³/mol. The first-order valence-electron chi connectivity index (χ1n) is 10.1. The van der Waals surface area contributed by atoms with Crippen LogP contribution in [0.3, 0.4) is 0 Å². The van der Waals surface area contributed by atoms with Crippen LogP contribution in [0.15, 0.2) is 53.5 Å². The number of benzene rings is 2. The fourth-order valence-corrected chi connectivity index (χ4v) is 3.81. The molecule has 6 nitrogen and oxygen atoms in total. The SMILES string of the molecule is CN=C(NCC1CCN(c2ccccc2OC)C1)N(C)Cc1ccc(OC)cc1.I. The second-order valence-corrected chi connectivity index (χ2v) is 7.40. The Morgan fingerprint density at radius 2 is 1.87 bits per heavy atom. The third-order valence-electron chi connectivity index (χ3n) is 5.41. The van der Waals surface area contributed by atoms with Crippen LogP contribution < -0.4 is 19.7 Å². The maximum Gasteiger partial charge on any atom is 0.193 e. The van der Waals surface area contributed by atoms with Gasteiger partial charge >= 0.3 is 0 Å². The molecule has 0 amide bonds. The Morgan fingerprint density at radius 3 is 2.53 bits per heavy atom. The number of para-hydroxylation sites is 2. The molecule has 30 heavy (non-hydrogen) atoms. The van der Waals surface area contributed by atoms with Crippen molar-refractivity contribution >= 4 is 35.6 Å². The number of hydrogen-bond acceptors (Lipinski definition) is 4. The Bertz CT molecular complexity index is 813. The van der Waals surface area contributed by atoms with E-state index in [0.29, 0.717) is 5.92 Å². The number of nitrogens with zero attached hydrogens (tertiary/aromatic N) is 3. The summed E-state index contributed by atoms with van der Waals surface area (Å²) in [5, 5.41) is 3.55. The molecule has 0 radical (unpaired) electrons. The summed E-state index contributed by atoms with van der Waals surface area (Å²) >= 11 is 0. The molecule has 0 bridgehead atoms. The number of hydrogen-bond donors (Lipinski definition) is 1. The van der Waals surface area contributed by atoms with E-state index in [4.69, 9.17) is 9.47 Å². The third-order valence-corrected chi connectivity index (χ3v) is 5.41. The lowest BCUT2D eigenvalue weighted by Gasteiger charge is -2.24. The largest absolute Gasteiger partial charge is 0.497 e. The summed E-state index contributed by atoms with van der Waals surface area (Å²) in [7, 11) is 7.32. The Kier molecular flexibility index (Phi) is 9.55. The first kappa shape index (κ1) is 24.1. The molecule has 1 N–H and O–H groups in total. The molecular weight excluding hydrogens is 491 g/mol. The van der Waals surface area contributed by atoms with Crippen LogP contribution in [0.25, 0.3) is 0 Å². The minimum Gasteiger partial charge on any atom is -0.497 e. The summed E-state index contributed by atoms with van der Waals surface area (Å²) in [4.78, 5) is 9.02. The van der Waals surface area contributed by atoms with E-state index in [1.807, 2.05) is 31.3 Å². The summed E-state index contributed by atoms with van der Waals surface area (Å²) in [5.41, 5.74) is 2.40. The molecule has 164 valence electrons. The Balaban J connectivity index is 0.00000320. The van der Waals surface area contributed by atoms with E-state index in [9.17, 15) is 0 Å². The van der Waals surface area contributed by atoms with Crippen molar-refractivity contribution in [3.63, 3.8) is 0 Å². The van der Waals surface area contributed by atoms with Gasteiger partial charge < -0.3 is 24.6 Å². The van der Waals surface area contributed by atoms with Crippen LogP contribution in [0.2, 0.25) is 0 Å².